The van der Waals surface area contributed by atoms with Gasteiger partial charge in [0.2, 0.25) is 11.8 Å². The Morgan fingerprint density at radius 3 is 2.64 bits per heavy atom. The Labute approximate surface area is 128 Å². The van der Waals surface area contributed by atoms with Gasteiger partial charge < -0.3 is 20.1 Å². The molecule has 0 aliphatic carbocycles. The van der Waals surface area contributed by atoms with Gasteiger partial charge in [-0.05, 0) is 24.3 Å². The predicted molar refractivity (Wildman–Crippen MR) is 76.6 cm³/mol. The van der Waals surface area contributed by atoms with Gasteiger partial charge in [-0.15, -0.1) is 0 Å². The molecule has 6 nitrogen and oxygen atoms in total. The molecule has 2 rings (SSSR count). The molecule has 0 spiro atoms. The van der Waals surface area contributed by atoms with Crippen LogP contribution in [0.25, 0.3) is 0 Å². The first kappa shape index (κ1) is 16.2. The van der Waals surface area contributed by atoms with E-state index in [0.29, 0.717) is 18.7 Å². The summed E-state index contributed by atoms with van der Waals surface area (Å²) in [6.45, 7) is 0.490. The fourth-order valence-electron chi connectivity index (χ4n) is 2.44. The zero-order chi connectivity index (χ0) is 16.1. The smallest absolute Gasteiger partial charge is 0.240 e. The summed E-state index contributed by atoms with van der Waals surface area (Å²) in [4.78, 5) is 25.0. The number of carbonyl (C=O) groups is 2. The van der Waals surface area contributed by atoms with E-state index in [9.17, 15) is 14.0 Å². The lowest BCUT2D eigenvalue weighted by Crippen LogP contribution is -2.44. The summed E-state index contributed by atoms with van der Waals surface area (Å²) in [7, 11) is 1.54. The fourth-order valence-corrected chi connectivity index (χ4v) is 2.44. The first-order chi connectivity index (χ1) is 10.5. The summed E-state index contributed by atoms with van der Waals surface area (Å²) >= 11 is 0. The van der Waals surface area contributed by atoms with Gasteiger partial charge in [0, 0.05) is 20.1 Å². The zero-order valence-electron chi connectivity index (χ0n) is 12.3. The first-order valence-electron chi connectivity index (χ1n) is 7.01. The molecule has 1 aliphatic rings. The predicted octanol–water partition coefficient (Wildman–Crippen LogP) is 0.696. The molecule has 2 N–H and O–H groups in total. The van der Waals surface area contributed by atoms with E-state index in [2.05, 4.69) is 0 Å². The third-order valence-corrected chi connectivity index (χ3v) is 3.64. The van der Waals surface area contributed by atoms with E-state index in [0.717, 1.165) is 0 Å². The number of nitrogens with two attached hydrogens (primary N) is 1. The quantitative estimate of drug-likeness (QED) is 0.838. The normalized spacial score (nSPS) is 20.9. The number of methoxy groups -OCH3 is 1. The summed E-state index contributed by atoms with van der Waals surface area (Å²) in [6, 6.07) is 4.91. The number of hydrogen-bond donors (Lipinski definition) is 1. The van der Waals surface area contributed by atoms with Crippen LogP contribution in [-0.4, -0.2) is 49.1 Å². The van der Waals surface area contributed by atoms with Crippen LogP contribution < -0.4 is 10.5 Å². The Hall–Kier alpha value is -2.15. The van der Waals surface area contributed by atoms with E-state index >= 15 is 0 Å². The van der Waals surface area contributed by atoms with Gasteiger partial charge in [-0.3, -0.25) is 9.59 Å². The van der Waals surface area contributed by atoms with Crippen LogP contribution in [0.1, 0.15) is 12.8 Å². The van der Waals surface area contributed by atoms with E-state index in [4.69, 9.17) is 15.2 Å². The Balaban J connectivity index is 1.85. The van der Waals surface area contributed by atoms with Crippen LogP contribution >= 0.6 is 0 Å². The number of primary amides is 1. The Morgan fingerprint density at radius 1 is 1.36 bits per heavy atom. The third kappa shape index (κ3) is 3.94. The SMILES string of the molecule is CO[C@H]1C[C@@H](C(N)=O)N(C(=O)CCOc2ccc(F)cc2)C1. The molecule has 1 aromatic rings. The second-order valence-electron chi connectivity index (χ2n) is 5.11. The molecule has 0 unspecified atom stereocenters. The molecule has 2 amide bonds. The van der Waals surface area contributed by atoms with E-state index in [1.807, 2.05) is 0 Å². The standard InChI is InChI=1S/C15H19FN2O4/c1-21-12-8-13(15(17)20)18(9-12)14(19)6-7-22-11-4-2-10(16)3-5-11/h2-5,12-13H,6-9H2,1H3,(H2,17,20)/t12-,13-/m0/s1. The number of amides is 2. The molecule has 1 heterocycles. The van der Waals surface area contributed by atoms with Gasteiger partial charge >= 0.3 is 0 Å². The van der Waals surface area contributed by atoms with Gasteiger partial charge in [-0.1, -0.05) is 0 Å². The van der Waals surface area contributed by atoms with E-state index in [1.165, 1.54) is 36.3 Å². The minimum atomic E-state index is -0.636. The largest absolute Gasteiger partial charge is 0.493 e. The number of benzene rings is 1. The second-order valence-corrected chi connectivity index (χ2v) is 5.11. The van der Waals surface area contributed by atoms with Crippen molar-refractivity contribution in [2.75, 3.05) is 20.3 Å². The van der Waals surface area contributed by atoms with Gasteiger partial charge in [0.15, 0.2) is 0 Å². The van der Waals surface area contributed by atoms with E-state index in [1.54, 1.807) is 0 Å². The molecular weight excluding hydrogens is 291 g/mol. The van der Waals surface area contributed by atoms with Crippen molar-refractivity contribution >= 4 is 11.8 Å². The maximum atomic E-state index is 12.8. The monoisotopic (exact) mass is 310 g/mol. The van der Waals surface area contributed by atoms with Crippen molar-refractivity contribution in [3.63, 3.8) is 0 Å². The van der Waals surface area contributed by atoms with Crippen molar-refractivity contribution in [2.45, 2.75) is 25.0 Å². The average molecular weight is 310 g/mol. The van der Waals surface area contributed by atoms with E-state index < -0.39 is 11.9 Å². The number of likely N-dealkylation sites (tertiary alicyclic amines) is 1. The highest BCUT2D eigenvalue weighted by molar-refractivity contribution is 5.87. The molecule has 1 aromatic carbocycles. The highest BCUT2D eigenvalue weighted by Crippen LogP contribution is 2.21. The summed E-state index contributed by atoms with van der Waals surface area (Å²) in [5.74, 6) is -0.620. The summed E-state index contributed by atoms with van der Waals surface area (Å²) in [6.07, 6.45) is 0.341. The molecule has 1 aliphatic heterocycles. The molecule has 0 radical (unpaired) electrons. The maximum absolute atomic E-state index is 12.8. The maximum Gasteiger partial charge on any atom is 0.240 e. The number of ether oxygens (including phenoxy) is 2. The van der Waals surface area contributed by atoms with Crippen molar-refractivity contribution in [3.8, 4) is 5.75 Å². The number of hydrogen-bond acceptors (Lipinski definition) is 4. The van der Waals surface area contributed by atoms with Gasteiger partial charge in [0.25, 0.3) is 0 Å². The third-order valence-electron chi connectivity index (χ3n) is 3.64. The topological polar surface area (TPSA) is 81.9 Å². The number of halogens is 1. The first-order valence-corrected chi connectivity index (χ1v) is 7.01. The van der Waals surface area contributed by atoms with Crippen molar-refractivity contribution < 1.29 is 23.5 Å². The molecule has 0 saturated carbocycles. The minimum Gasteiger partial charge on any atom is -0.493 e. The summed E-state index contributed by atoms with van der Waals surface area (Å²) in [5, 5.41) is 0. The van der Waals surface area contributed by atoms with Crippen molar-refractivity contribution in [2.24, 2.45) is 5.73 Å². The fraction of sp³-hybridized carbons (Fsp3) is 0.467. The van der Waals surface area contributed by atoms with Crippen molar-refractivity contribution in [1.29, 1.82) is 0 Å². The number of nitrogens with zero attached hydrogens (tertiary/aromatic N) is 1. The zero-order valence-corrected chi connectivity index (χ0v) is 12.3. The molecule has 7 heteroatoms. The highest BCUT2D eigenvalue weighted by Gasteiger charge is 2.38. The van der Waals surface area contributed by atoms with Gasteiger partial charge in [0.1, 0.15) is 17.6 Å². The van der Waals surface area contributed by atoms with Gasteiger partial charge in [-0.25, -0.2) is 4.39 Å². The van der Waals surface area contributed by atoms with Crippen LogP contribution in [0, 0.1) is 5.82 Å². The molecule has 2 atom stereocenters. The molecule has 0 aromatic heterocycles. The minimum absolute atomic E-state index is 0.109. The molecule has 1 saturated heterocycles. The lowest BCUT2D eigenvalue weighted by Gasteiger charge is -2.22. The van der Waals surface area contributed by atoms with Crippen LogP contribution in [0.3, 0.4) is 0 Å². The van der Waals surface area contributed by atoms with Gasteiger partial charge in [-0.2, -0.15) is 0 Å². The van der Waals surface area contributed by atoms with Crippen molar-refractivity contribution in [3.05, 3.63) is 30.1 Å². The van der Waals surface area contributed by atoms with Crippen molar-refractivity contribution in [1.82, 2.24) is 4.90 Å². The molecular formula is C15H19FN2O4. The summed E-state index contributed by atoms with van der Waals surface area (Å²) in [5.41, 5.74) is 5.32. The number of carbonyl (C=O) groups excluding carboxylic acids is 2. The molecule has 1 fully saturated rings. The van der Waals surface area contributed by atoms with Crippen LogP contribution in [0.5, 0.6) is 5.75 Å². The molecule has 0 bridgehead atoms. The van der Waals surface area contributed by atoms with Crippen LogP contribution in [0.2, 0.25) is 0 Å². The second kappa shape index (κ2) is 7.22. The van der Waals surface area contributed by atoms with Crippen LogP contribution in [0.15, 0.2) is 24.3 Å². The average Bonchev–Trinajstić information content (AvgIpc) is 2.94. The Kier molecular flexibility index (Phi) is 5.32. The molecule has 22 heavy (non-hydrogen) atoms. The Morgan fingerprint density at radius 2 is 2.05 bits per heavy atom. The van der Waals surface area contributed by atoms with Crippen LogP contribution in [-0.2, 0) is 14.3 Å². The Bertz CT molecular complexity index is 535. The summed E-state index contributed by atoms with van der Waals surface area (Å²) < 4.78 is 23.3. The lowest BCUT2D eigenvalue weighted by atomic mass is 10.2. The van der Waals surface area contributed by atoms with Crippen LogP contribution in [0.4, 0.5) is 4.39 Å². The number of rotatable bonds is 6. The molecule has 120 valence electrons. The van der Waals surface area contributed by atoms with E-state index in [-0.39, 0.29) is 30.9 Å². The van der Waals surface area contributed by atoms with Gasteiger partial charge in [0.05, 0.1) is 19.1 Å². The lowest BCUT2D eigenvalue weighted by molar-refractivity contribution is -0.137. The highest BCUT2D eigenvalue weighted by atomic mass is 19.1.